The van der Waals surface area contributed by atoms with Crippen molar-refractivity contribution in [2.24, 2.45) is 0 Å². The van der Waals surface area contributed by atoms with Gasteiger partial charge in [-0.2, -0.15) is 21.6 Å². The van der Waals surface area contributed by atoms with Crippen LogP contribution in [0.3, 0.4) is 0 Å². The second-order valence-corrected chi connectivity index (χ2v) is 7.88. The number of hydrogen-bond acceptors (Lipinski definition) is 6. The van der Waals surface area contributed by atoms with Crippen LogP contribution in [0, 0.1) is 0 Å². The van der Waals surface area contributed by atoms with Crippen molar-refractivity contribution in [3.05, 3.63) is 35.7 Å². The second kappa shape index (κ2) is 5.32. The van der Waals surface area contributed by atoms with Crippen molar-refractivity contribution in [2.75, 3.05) is 5.73 Å². The van der Waals surface area contributed by atoms with Gasteiger partial charge in [-0.1, -0.05) is 13.8 Å². The third-order valence-corrected chi connectivity index (χ3v) is 4.99. The maximum absolute atomic E-state index is 12.5. The van der Waals surface area contributed by atoms with Crippen LogP contribution in [0.2, 0.25) is 0 Å². The fraction of sp³-hybridized carbons (Fsp3) is 0.333. The number of anilines is 1. The molecule has 1 aromatic carbocycles. The Morgan fingerprint density at radius 3 is 2.56 bits per heavy atom. The summed E-state index contributed by atoms with van der Waals surface area (Å²) in [6.07, 6.45) is 1.72. The lowest BCUT2D eigenvalue weighted by molar-refractivity contribution is -0.0500. The minimum Gasteiger partial charge on any atom is -0.383 e. The first kappa shape index (κ1) is 17.5. The normalized spacial score (nSPS) is 16.0. The highest BCUT2D eigenvalue weighted by Crippen LogP contribution is 2.44. The summed E-state index contributed by atoms with van der Waals surface area (Å²) in [5.74, 6) is -0.0713. The van der Waals surface area contributed by atoms with Crippen molar-refractivity contribution < 1.29 is 25.8 Å². The van der Waals surface area contributed by atoms with Gasteiger partial charge in [0.25, 0.3) is 0 Å². The second-order valence-electron chi connectivity index (χ2n) is 6.35. The minimum atomic E-state index is -5.72. The molecule has 1 aliphatic rings. The summed E-state index contributed by atoms with van der Waals surface area (Å²) in [5, 5.41) is 0. The SMILES string of the molecule is CC1(C)Cc2cc(OS(=O)(=O)C(F)(F)F)ccc2-c2ncnc(N)c21. The first-order valence-corrected chi connectivity index (χ1v) is 8.58. The fourth-order valence-electron chi connectivity index (χ4n) is 3.01. The van der Waals surface area contributed by atoms with E-state index in [0.29, 0.717) is 29.1 Å². The zero-order valence-electron chi connectivity index (χ0n) is 13.3. The van der Waals surface area contributed by atoms with Gasteiger partial charge in [0.1, 0.15) is 17.9 Å². The fourth-order valence-corrected chi connectivity index (χ4v) is 3.46. The number of nitrogen functional groups attached to an aromatic ring is 1. The van der Waals surface area contributed by atoms with Crippen LogP contribution in [-0.4, -0.2) is 23.9 Å². The Bertz CT molecular complexity index is 956. The van der Waals surface area contributed by atoms with Gasteiger partial charge in [0.2, 0.25) is 0 Å². The molecule has 3 rings (SSSR count). The summed E-state index contributed by atoms with van der Waals surface area (Å²) in [6.45, 7) is 3.79. The zero-order valence-corrected chi connectivity index (χ0v) is 14.1. The first-order chi connectivity index (χ1) is 11.4. The van der Waals surface area contributed by atoms with E-state index in [0.717, 1.165) is 11.6 Å². The number of fused-ring (bicyclic) bond motifs is 3. The van der Waals surface area contributed by atoms with Crippen molar-refractivity contribution in [1.82, 2.24) is 9.97 Å². The van der Waals surface area contributed by atoms with Gasteiger partial charge in [-0.25, -0.2) is 9.97 Å². The van der Waals surface area contributed by atoms with Gasteiger partial charge in [-0.15, -0.1) is 0 Å². The van der Waals surface area contributed by atoms with E-state index in [1.807, 2.05) is 13.8 Å². The molecule has 0 unspecified atom stereocenters. The van der Waals surface area contributed by atoms with E-state index in [9.17, 15) is 21.6 Å². The highest BCUT2D eigenvalue weighted by atomic mass is 32.2. The maximum Gasteiger partial charge on any atom is 0.534 e. The van der Waals surface area contributed by atoms with Crippen LogP contribution < -0.4 is 9.92 Å². The number of alkyl halides is 3. The monoisotopic (exact) mass is 373 g/mol. The summed E-state index contributed by atoms with van der Waals surface area (Å²) in [4.78, 5) is 8.22. The third kappa shape index (κ3) is 2.90. The Hall–Kier alpha value is -2.36. The number of nitrogens with zero attached hydrogens (tertiary/aromatic N) is 2. The molecule has 6 nitrogen and oxygen atoms in total. The van der Waals surface area contributed by atoms with E-state index < -0.39 is 26.8 Å². The van der Waals surface area contributed by atoms with Crippen LogP contribution in [0.1, 0.15) is 25.0 Å². The first-order valence-electron chi connectivity index (χ1n) is 7.17. The largest absolute Gasteiger partial charge is 0.534 e. The zero-order chi connectivity index (χ0) is 18.6. The van der Waals surface area contributed by atoms with Gasteiger partial charge in [0.05, 0.1) is 5.69 Å². The molecule has 1 aliphatic carbocycles. The Kier molecular flexibility index (Phi) is 3.71. The predicted octanol–water partition coefficient (Wildman–Crippen LogP) is 2.79. The smallest absolute Gasteiger partial charge is 0.383 e. The third-order valence-electron chi connectivity index (χ3n) is 4.01. The molecule has 2 aromatic rings. The molecule has 0 saturated carbocycles. The molecule has 25 heavy (non-hydrogen) atoms. The Labute approximate surface area is 142 Å². The molecule has 134 valence electrons. The van der Waals surface area contributed by atoms with E-state index in [1.54, 1.807) is 0 Å². The van der Waals surface area contributed by atoms with Gasteiger partial charge in [-0.3, -0.25) is 0 Å². The highest BCUT2D eigenvalue weighted by Gasteiger charge is 2.48. The molecule has 0 bridgehead atoms. The average Bonchev–Trinajstić information content (AvgIpc) is 2.44. The van der Waals surface area contributed by atoms with Gasteiger partial charge in [-0.05, 0) is 35.6 Å². The van der Waals surface area contributed by atoms with Crippen molar-refractivity contribution in [3.8, 4) is 17.0 Å². The predicted molar refractivity (Wildman–Crippen MR) is 84.2 cm³/mol. The van der Waals surface area contributed by atoms with Crippen molar-refractivity contribution in [2.45, 2.75) is 31.2 Å². The van der Waals surface area contributed by atoms with E-state index in [-0.39, 0.29) is 0 Å². The lowest BCUT2D eigenvalue weighted by Crippen LogP contribution is -2.29. The summed E-state index contributed by atoms with van der Waals surface area (Å²) in [6, 6.07) is 3.90. The van der Waals surface area contributed by atoms with Gasteiger partial charge in [0.15, 0.2) is 0 Å². The molecular weight excluding hydrogens is 359 g/mol. The maximum atomic E-state index is 12.5. The topological polar surface area (TPSA) is 95.2 Å². The van der Waals surface area contributed by atoms with Crippen LogP contribution in [0.15, 0.2) is 24.5 Å². The van der Waals surface area contributed by atoms with Crippen molar-refractivity contribution >= 4 is 15.9 Å². The molecule has 1 heterocycles. The van der Waals surface area contributed by atoms with E-state index in [1.165, 1.54) is 18.5 Å². The van der Waals surface area contributed by atoms with Crippen LogP contribution in [0.5, 0.6) is 5.75 Å². The molecule has 0 aliphatic heterocycles. The van der Waals surface area contributed by atoms with Crippen molar-refractivity contribution in [3.63, 3.8) is 0 Å². The van der Waals surface area contributed by atoms with E-state index in [2.05, 4.69) is 14.2 Å². The van der Waals surface area contributed by atoms with Crippen LogP contribution in [-0.2, 0) is 22.0 Å². The van der Waals surface area contributed by atoms with Gasteiger partial charge >= 0.3 is 15.6 Å². The standard InChI is InChI=1S/C15H14F3N3O3S/c1-14(2)6-8-5-9(24-25(22,23)15(16,17)18)3-4-10(8)12-11(14)13(19)21-7-20-12/h3-5,7H,6H2,1-2H3,(H2,19,20,21). The minimum absolute atomic E-state index is 0.334. The Morgan fingerprint density at radius 1 is 1.24 bits per heavy atom. The molecule has 0 atom stereocenters. The van der Waals surface area contributed by atoms with E-state index in [4.69, 9.17) is 5.73 Å². The number of halogens is 3. The number of aromatic nitrogens is 2. The molecule has 2 N–H and O–H groups in total. The lowest BCUT2D eigenvalue weighted by Gasteiger charge is -2.33. The van der Waals surface area contributed by atoms with E-state index >= 15 is 0 Å². The molecule has 0 saturated heterocycles. The number of hydrogen-bond donors (Lipinski definition) is 1. The number of rotatable bonds is 2. The van der Waals surface area contributed by atoms with Crippen LogP contribution in [0.4, 0.5) is 19.0 Å². The molecule has 0 spiro atoms. The lowest BCUT2D eigenvalue weighted by atomic mass is 9.72. The van der Waals surface area contributed by atoms with Gasteiger partial charge in [0, 0.05) is 11.1 Å². The summed E-state index contributed by atoms with van der Waals surface area (Å²) >= 11 is 0. The Morgan fingerprint density at radius 2 is 1.92 bits per heavy atom. The molecule has 0 amide bonds. The summed E-state index contributed by atoms with van der Waals surface area (Å²) in [5.41, 5.74) is 2.58. The number of benzene rings is 1. The Balaban J connectivity index is 2.09. The molecule has 0 fully saturated rings. The average molecular weight is 373 g/mol. The molecular formula is C15H14F3N3O3S. The van der Waals surface area contributed by atoms with Crippen LogP contribution in [0.25, 0.3) is 11.3 Å². The quantitative estimate of drug-likeness (QED) is 0.642. The molecule has 10 heteroatoms. The summed E-state index contributed by atoms with van der Waals surface area (Å²) < 4.78 is 64.0. The molecule has 0 radical (unpaired) electrons. The molecule has 1 aromatic heterocycles. The van der Waals surface area contributed by atoms with Crippen molar-refractivity contribution in [1.29, 1.82) is 0 Å². The van der Waals surface area contributed by atoms with Crippen LogP contribution >= 0.6 is 0 Å². The van der Waals surface area contributed by atoms with Gasteiger partial charge < -0.3 is 9.92 Å². The number of nitrogens with two attached hydrogens (primary N) is 1. The summed E-state index contributed by atoms with van der Waals surface area (Å²) in [7, 11) is -5.72. The highest BCUT2D eigenvalue weighted by molar-refractivity contribution is 7.88.